The summed E-state index contributed by atoms with van der Waals surface area (Å²) in [6.45, 7) is 7.41. The van der Waals surface area contributed by atoms with Crippen LogP contribution in [0.1, 0.15) is 27.3 Å². The Morgan fingerprint density at radius 2 is 2.04 bits per heavy atom. The third-order valence-corrected chi connectivity index (χ3v) is 6.48. The number of rotatable bonds is 9. The third kappa shape index (κ3) is 4.81. The largest absolute Gasteiger partial charge is 0.383 e. The van der Waals surface area contributed by atoms with Crippen molar-refractivity contribution in [2.45, 2.75) is 31.7 Å². The van der Waals surface area contributed by atoms with Crippen molar-refractivity contribution in [3.63, 3.8) is 0 Å². The molecule has 148 valence electrons. The van der Waals surface area contributed by atoms with Crippen LogP contribution in [0.3, 0.4) is 0 Å². The molecule has 0 radical (unpaired) electrons. The fraction of sp³-hybridized carbons (Fsp3) is 0.350. The maximum Gasteiger partial charge on any atom is 0.210 e. The zero-order valence-electron chi connectivity index (χ0n) is 16.5. The number of carbonyl (C=O) groups is 1. The molecular weight excluding hydrogens is 392 g/mol. The highest BCUT2D eigenvalue weighted by atomic mass is 32.2. The maximum absolute atomic E-state index is 12.7. The number of Topliss-reactive ketones (excluding diaryl/α,β-unsaturated/α-hetero) is 1. The number of ketones is 1. The number of hydrogen-bond acceptors (Lipinski definition) is 7. The van der Waals surface area contributed by atoms with Crippen LogP contribution in [0, 0.1) is 20.8 Å². The second-order valence-corrected chi connectivity index (χ2v) is 8.65. The molecule has 0 aliphatic heterocycles. The lowest BCUT2D eigenvalue weighted by Crippen LogP contribution is -2.09. The second kappa shape index (κ2) is 9.36. The number of benzene rings is 1. The molecule has 1 aromatic carbocycles. The second-order valence-electron chi connectivity index (χ2n) is 6.45. The van der Waals surface area contributed by atoms with Gasteiger partial charge in [0.2, 0.25) is 5.13 Å². The van der Waals surface area contributed by atoms with E-state index in [0.29, 0.717) is 12.4 Å². The Kier molecular flexibility index (Phi) is 6.88. The summed E-state index contributed by atoms with van der Waals surface area (Å²) in [5, 5.41) is 12.4. The zero-order chi connectivity index (χ0) is 20.1. The van der Waals surface area contributed by atoms with Crippen LogP contribution in [0.15, 0.2) is 34.7 Å². The maximum atomic E-state index is 12.7. The summed E-state index contributed by atoms with van der Waals surface area (Å²) in [5.74, 6) is 0.443. The van der Waals surface area contributed by atoms with Gasteiger partial charge in [-0.25, -0.2) is 0 Å². The van der Waals surface area contributed by atoms with E-state index in [0.717, 1.165) is 44.2 Å². The predicted molar refractivity (Wildman–Crippen MR) is 115 cm³/mol. The van der Waals surface area contributed by atoms with Crippen LogP contribution in [0.25, 0.3) is 0 Å². The van der Waals surface area contributed by atoms with E-state index in [4.69, 9.17) is 4.74 Å². The average Bonchev–Trinajstić information content (AvgIpc) is 3.24. The number of anilines is 2. The molecule has 6 nitrogen and oxygen atoms in total. The van der Waals surface area contributed by atoms with Crippen molar-refractivity contribution >= 4 is 39.7 Å². The zero-order valence-corrected chi connectivity index (χ0v) is 18.1. The molecule has 0 saturated carbocycles. The minimum Gasteiger partial charge on any atom is -0.383 e. The Labute approximate surface area is 173 Å². The highest BCUT2D eigenvalue weighted by Gasteiger charge is 2.17. The summed E-state index contributed by atoms with van der Waals surface area (Å²) in [4.78, 5) is 12.7. The number of para-hydroxylation sites is 1. The molecular formula is C20H24N4O2S2. The number of hydrogen-bond donors (Lipinski definition) is 1. The van der Waals surface area contributed by atoms with Crippen molar-refractivity contribution in [1.29, 1.82) is 0 Å². The Bertz CT molecular complexity index is 965. The molecule has 0 aliphatic rings. The van der Waals surface area contributed by atoms with Gasteiger partial charge in [-0.3, -0.25) is 4.79 Å². The number of methoxy groups -OCH3 is 1. The van der Waals surface area contributed by atoms with Gasteiger partial charge in [0.15, 0.2) is 10.1 Å². The summed E-state index contributed by atoms with van der Waals surface area (Å²) < 4.78 is 8.05. The van der Waals surface area contributed by atoms with Gasteiger partial charge >= 0.3 is 0 Å². The summed E-state index contributed by atoms with van der Waals surface area (Å²) >= 11 is 2.87. The lowest BCUT2D eigenvalue weighted by Gasteiger charge is -2.08. The molecule has 0 unspecified atom stereocenters. The monoisotopic (exact) mass is 416 g/mol. The van der Waals surface area contributed by atoms with Crippen LogP contribution in [0.4, 0.5) is 10.8 Å². The minimum absolute atomic E-state index is 0.102. The number of nitrogens with zero attached hydrogens (tertiary/aromatic N) is 3. The van der Waals surface area contributed by atoms with Gasteiger partial charge in [0.1, 0.15) is 0 Å². The normalized spacial score (nSPS) is 11.0. The Morgan fingerprint density at radius 1 is 1.25 bits per heavy atom. The molecule has 3 aromatic rings. The van der Waals surface area contributed by atoms with Crippen LogP contribution in [0.5, 0.6) is 0 Å². The van der Waals surface area contributed by atoms with E-state index in [1.807, 2.05) is 51.1 Å². The molecule has 0 aliphatic carbocycles. The van der Waals surface area contributed by atoms with Crippen LogP contribution < -0.4 is 5.32 Å². The van der Waals surface area contributed by atoms with Gasteiger partial charge in [0.25, 0.3) is 0 Å². The fourth-order valence-corrected chi connectivity index (χ4v) is 4.61. The Morgan fingerprint density at radius 3 is 2.79 bits per heavy atom. The first-order valence-corrected chi connectivity index (χ1v) is 10.8. The summed E-state index contributed by atoms with van der Waals surface area (Å²) in [7, 11) is 1.68. The van der Waals surface area contributed by atoms with Crippen LogP contribution in [-0.2, 0) is 11.3 Å². The van der Waals surface area contributed by atoms with Crippen molar-refractivity contribution in [1.82, 2.24) is 14.8 Å². The lowest BCUT2D eigenvalue weighted by molar-refractivity contribution is 0.102. The van der Waals surface area contributed by atoms with Gasteiger partial charge in [-0.1, -0.05) is 41.3 Å². The number of carbonyl (C=O) groups excluding carboxylic acids is 1. The fourth-order valence-electron chi connectivity index (χ4n) is 2.96. The third-order valence-electron chi connectivity index (χ3n) is 4.51. The van der Waals surface area contributed by atoms with E-state index >= 15 is 0 Å². The van der Waals surface area contributed by atoms with Gasteiger partial charge in [-0.05, 0) is 38.5 Å². The van der Waals surface area contributed by atoms with E-state index in [2.05, 4.69) is 20.1 Å². The molecule has 0 saturated heterocycles. The molecule has 0 bridgehead atoms. The van der Waals surface area contributed by atoms with E-state index < -0.39 is 0 Å². The lowest BCUT2D eigenvalue weighted by atomic mass is 10.2. The van der Waals surface area contributed by atoms with E-state index in [1.54, 1.807) is 7.11 Å². The Hall–Kier alpha value is -2.16. The molecule has 0 fully saturated rings. The minimum atomic E-state index is 0.102. The smallest absolute Gasteiger partial charge is 0.210 e. The molecule has 2 heterocycles. The van der Waals surface area contributed by atoms with Crippen LogP contribution >= 0.6 is 23.1 Å². The first kappa shape index (κ1) is 20.6. The first-order chi connectivity index (χ1) is 13.5. The van der Waals surface area contributed by atoms with Gasteiger partial charge in [0.05, 0.1) is 12.4 Å². The molecule has 0 spiro atoms. The van der Waals surface area contributed by atoms with Gasteiger partial charge in [-0.2, -0.15) is 0 Å². The number of ether oxygens (including phenoxy) is 1. The van der Waals surface area contributed by atoms with Gasteiger partial charge < -0.3 is 14.6 Å². The summed E-state index contributed by atoms with van der Waals surface area (Å²) in [6.07, 6.45) is 0. The quantitative estimate of drug-likeness (QED) is 0.405. The molecule has 2 aromatic heterocycles. The number of aromatic nitrogens is 3. The summed E-state index contributed by atoms with van der Waals surface area (Å²) in [5.41, 5.74) is 4.98. The number of nitrogens with one attached hydrogen (secondary N) is 1. The van der Waals surface area contributed by atoms with Gasteiger partial charge in [0, 0.05) is 36.3 Å². The first-order valence-electron chi connectivity index (χ1n) is 8.97. The standard InChI is InChI=1S/C20H24N4O2S2/c1-13-7-5-6-8-17(13)21-19-22-23-20(28-19)27-12-18(25)16-11-14(2)24(15(16)3)9-10-26-4/h5-8,11H,9-10,12H2,1-4H3,(H,21,22). The van der Waals surface area contributed by atoms with Crippen molar-refractivity contribution in [3.05, 3.63) is 52.8 Å². The van der Waals surface area contributed by atoms with E-state index in [9.17, 15) is 4.79 Å². The Balaban J connectivity index is 1.61. The van der Waals surface area contributed by atoms with E-state index in [-0.39, 0.29) is 5.78 Å². The predicted octanol–water partition coefficient (Wildman–Crippen LogP) is 4.63. The van der Waals surface area contributed by atoms with Crippen LogP contribution in [-0.4, -0.2) is 40.0 Å². The highest BCUT2D eigenvalue weighted by molar-refractivity contribution is 8.01. The molecule has 28 heavy (non-hydrogen) atoms. The average molecular weight is 417 g/mol. The topological polar surface area (TPSA) is 69.0 Å². The molecule has 3 rings (SSSR count). The van der Waals surface area contributed by atoms with Gasteiger partial charge in [-0.15, -0.1) is 10.2 Å². The summed E-state index contributed by atoms with van der Waals surface area (Å²) in [6, 6.07) is 9.99. The molecule has 0 amide bonds. The molecule has 0 atom stereocenters. The number of thioether (sulfide) groups is 1. The van der Waals surface area contributed by atoms with Crippen LogP contribution in [0.2, 0.25) is 0 Å². The number of aryl methyl sites for hydroxylation is 2. The van der Waals surface area contributed by atoms with Crippen molar-refractivity contribution in [3.8, 4) is 0 Å². The SMILES string of the molecule is COCCn1c(C)cc(C(=O)CSc2nnc(Nc3ccccc3C)s2)c1C. The van der Waals surface area contributed by atoms with E-state index in [1.165, 1.54) is 23.1 Å². The van der Waals surface area contributed by atoms with Crippen molar-refractivity contribution in [2.24, 2.45) is 0 Å². The van der Waals surface area contributed by atoms with Crippen molar-refractivity contribution < 1.29 is 9.53 Å². The molecule has 1 N–H and O–H groups in total. The van der Waals surface area contributed by atoms with Crippen molar-refractivity contribution in [2.75, 3.05) is 24.8 Å². The highest BCUT2D eigenvalue weighted by Crippen LogP contribution is 2.29. The molecule has 8 heteroatoms.